The molecule has 0 aliphatic carbocycles. The van der Waals surface area contributed by atoms with Crippen molar-refractivity contribution in [3.05, 3.63) is 65.5 Å². The number of halogens is 2. The highest BCUT2D eigenvalue weighted by Crippen LogP contribution is 2.19. The van der Waals surface area contributed by atoms with Gasteiger partial charge >= 0.3 is 5.97 Å². The number of hydrogen-bond donors (Lipinski definition) is 3. The minimum Gasteiger partial charge on any atom is -0.492 e. The number of aliphatic hydroxyl groups excluding tert-OH is 1. The van der Waals surface area contributed by atoms with Crippen LogP contribution in [0.2, 0.25) is 0 Å². The van der Waals surface area contributed by atoms with Crippen molar-refractivity contribution >= 4 is 18.4 Å². The minimum atomic E-state index is -0.866. The third-order valence-electron chi connectivity index (χ3n) is 3.87. The van der Waals surface area contributed by atoms with Crippen LogP contribution in [0.5, 0.6) is 5.75 Å². The summed E-state index contributed by atoms with van der Waals surface area (Å²) in [7, 11) is 0. The fourth-order valence-electron chi connectivity index (χ4n) is 2.31. The van der Waals surface area contributed by atoms with E-state index in [1.165, 1.54) is 12.1 Å². The van der Waals surface area contributed by atoms with Gasteiger partial charge in [0.2, 0.25) is 0 Å². The molecule has 0 radical (unpaired) electrons. The summed E-state index contributed by atoms with van der Waals surface area (Å²) in [6.45, 7) is 2.83. The molecule has 0 fully saturated rings. The van der Waals surface area contributed by atoms with Crippen molar-refractivity contribution in [2.24, 2.45) is 0 Å². The van der Waals surface area contributed by atoms with Crippen molar-refractivity contribution in [3.63, 3.8) is 0 Å². The highest BCUT2D eigenvalue weighted by atomic mass is 35.5. The number of carbonyl (C=O) groups is 1. The molecule has 5 nitrogen and oxygen atoms in total. The van der Waals surface area contributed by atoms with Crippen LogP contribution in [0.3, 0.4) is 0 Å². The van der Waals surface area contributed by atoms with E-state index in [0.29, 0.717) is 31.0 Å². The van der Waals surface area contributed by atoms with Gasteiger partial charge < -0.3 is 20.3 Å². The zero-order valence-corrected chi connectivity index (χ0v) is 15.2. The maximum absolute atomic E-state index is 13.1. The van der Waals surface area contributed by atoms with Crippen molar-refractivity contribution in [1.82, 2.24) is 5.32 Å². The van der Waals surface area contributed by atoms with Crippen LogP contribution < -0.4 is 10.1 Å². The average Bonchev–Trinajstić information content (AvgIpc) is 2.61. The van der Waals surface area contributed by atoms with Gasteiger partial charge in [-0.2, -0.15) is 0 Å². The van der Waals surface area contributed by atoms with Gasteiger partial charge in [-0.3, -0.25) is 4.79 Å². The van der Waals surface area contributed by atoms with Crippen LogP contribution >= 0.6 is 12.4 Å². The topological polar surface area (TPSA) is 78.8 Å². The molecule has 0 heterocycles. The minimum absolute atomic E-state index is 0. The van der Waals surface area contributed by atoms with Crippen molar-refractivity contribution in [2.45, 2.75) is 18.9 Å². The zero-order chi connectivity index (χ0) is 18.2. The molecular weight excluding hydrogens is 361 g/mol. The van der Waals surface area contributed by atoms with Gasteiger partial charge in [0.25, 0.3) is 0 Å². The SMILES string of the molecule is CC(C(=O)O)c1ccc(OCCNCC(O)c2cccc(F)c2)cc1.Cl. The molecule has 0 aliphatic heterocycles. The molecule has 2 aromatic rings. The number of carboxylic acids is 1. The summed E-state index contributed by atoms with van der Waals surface area (Å²) in [4.78, 5) is 10.9. The van der Waals surface area contributed by atoms with Gasteiger partial charge in [-0.1, -0.05) is 24.3 Å². The van der Waals surface area contributed by atoms with E-state index in [4.69, 9.17) is 9.84 Å². The summed E-state index contributed by atoms with van der Waals surface area (Å²) in [5.41, 5.74) is 1.24. The standard InChI is InChI=1S/C19H22FNO4.ClH/c1-13(19(23)24)14-5-7-17(8-6-14)25-10-9-21-12-18(22)15-3-2-4-16(20)11-15;/h2-8,11,13,18,21-22H,9-10,12H2,1H3,(H,23,24);1H. The summed E-state index contributed by atoms with van der Waals surface area (Å²) in [6.07, 6.45) is -0.785. The number of rotatable bonds is 9. The van der Waals surface area contributed by atoms with E-state index in [1.54, 1.807) is 43.3 Å². The van der Waals surface area contributed by atoms with Crippen LogP contribution in [0.1, 0.15) is 30.1 Å². The fraction of sp³-hybridized carbons (Fsp3) is 0.316. The summed E-state index contributed by atoms with van der Waals surface area (Å²) >= 11 is 0. The molecule has 26 heavy (non-hydrogen) atoms. The molecule has 0 bridgehead atoms. The van der Waals surface area contributed by atoms with E-state index in [0.717, 1.165) is 5.56 Å². The second kappa shape index (κ2) is 10.8. The second-order valence-corrected chi connectivity index (χ2v) is 5.75. The number of aliphatic hydroxyl groups is 1. The number of carboxylic acid groups (broad SMARTS) is 1. The van der Waals surface area contributed by atoms with E-state index in [1.807, 2.05) is 0 Å². The van der Waals surface area contributed by atoms with Crippen LogP contribution in [0.25, 0.3) is 0 Å². The Morgan fingerprint density at radius 1 is 1.19 bits per heavy atom. The highest BCUT2D eigenvalue weighted by molar-refractivity contribution is 5.85. The van der Waals surface area contributed by atoms with Crippen molar-refractivity contribution in [2.75, 3.05) is 19.7 Å². The largest absolute Gasteiger partial charge is 0.492 e. The average molecular weight is 384 g/mol. The van der Waals surface area contributed by atoms with Crippen LogP contribution in [0.4, 0.5) is 4.39 Å². The third kappa shape index (κ3) is 6.63. The van der Waals surface area contributed by atoms with Crippen LogP contribution in [-0.4, -0.2) is 35.9 Å². The maximum Gasteiger partial charge on any atom is 0.310 e. The number of aliphatic carboxylic acids is 1. The summed E-state index contributed by atoms with van der Waals surface area (Å²) in [5, 5.41) is 22.0. The Bertz CT molecular complexity index is 696. The summed E-state index contributed by atoms with van der Waals surface area (Å²) in [5.74, 6) is -1.15. The van der Waals surface area contributed by atoms with E-state index in [2.05, 4.69) is 5.32 Å². The van der Waals surface area contributed by atoms with Gasteiger partial charge in [0.1, 0.15) is 18.2 Å². The second-order valence-electron chi connectivity index (χ2n) is 5.75. The normalized spacial score (nSPS) is 12.7. The molecule has 0 saturated heterocycles. The smallest absolute Gasteiger partial charge is 0.310 e. The Balaban J connectivity index is 0.00000338. The molecule has 2 unspecified atom stereocenters. The van der Waals surface area contributed by atoms with Gasteiger partial charge in [0.05, 0.1) is 12.0 Å². The summed E-state index contributed by atoms with van der Waals surface area (Å²) < 4.78 is 18.7. The molecule has 0 saturated carbocycles. The molecule has 0 amide bonds. The number of nitrogens with one attached hydrogen (secondary N) is 1. The molecule has 3 N–H and O–H groups in total. The predicted molar refractivity (Wildman–Crippen MR) is 99.5 cm³/mol. The zero-order valence-electron chi connectivity index (χ0n) is 14.4. The first-order chi connectivity index (χ1) is 12.0. The molecule has 0 aliphatic rings. The first kappa shape index (κ1) is 21.9. The lowest BCUT2D eigenvalue weighted by Gasteiger charge is -2.13. The van der Waals surface area contributed by atoms with E-state index in [-0.39, 0.29) is 18.2 Å². The number of hydrogen-bond acceptors (Lipinski definition) is 4. The molecule has 2 aromatic carbocycles. The van der Waals surface area contributed by atoms with Crippen LogP contribution in [0, 0.1) is 5.82 Å². The lowest BCUT2D eigenvalue weighted by Crippen LogP contribution is -2.26. The van der Waals surface area contributed by atoms with Crippen molar-refractivity contribution in [1.29, 1.82) is 0 Å². The number of benzene rings is 2. The Kier molecular flexibility index (Phi) is 9.05. The lowest BCUT2D eigenvalue weighted by molar-refractivity contribution is -0.138. The molecule has 7 heteroatoms. The Morgan fingerprint density at radius 3 is 2.50 bits per heavy atom. The summed E-state index contributed by atoms with van der Waals surface area (Å²) in [6, 6.07) is 12.8. The quantitative estimate of drug-likeness (QED) is 0.580. The predicted octanol–water partition coefficient (Wildman–Crippen LogP) is 3.14. The van der Waals surface area contributed by atoms with Crippen LogP contribution in [-0.2, 0) is 4.79 Å². The van der Waals surface area contributed by atoms with Gasteiger partial charge in [-0.05, 0) is 42.3 Å². The van der Waals surface area contributed by atoms with Crippen LogP contribution in [0.15, 0.2) is 48.5 Å². The third-order valence-corrected chi connectivity index (χ3v) is 3.87. The van der Waals surface area contributed by atoms with Gasteiger partial charge in [-0.25, -0.2) is 4.39 Å². The highest BCUT2D eigenvalue weighted by Gasteiger charge is 2.13. The Hall–Kier alpha value is -2.15. The molecule has 2 atom stereocenters. The molecular formula is C19H23ClFNO4. The first-order valence-corrected chi connectivity index (χ1v) is 8.07. The first-order valence-electron chi connectivity index (χ1n) is 8.07. The fourth-order valence-corrected chi connectivity index (χ4v) is 2.31. The number of ether oxygens (including phenoxy) is 1. The van der Waals surface area contributed by atoms with Crippen molar-refractivity contribution < 1.29 is 24.1 Å². The molecule has 2 rings (SSSR count). The van der Waals surface area contributed by atoms with Crippen molar-refractivity contribution in [3.8, 4) is 5.75 Å². The Morgan fingerprint density at radius 2 is 1.88 bits per heavy atom. The molecule has 142 valence electrons. The molecule has 0 spiro atoms. The van der Waals surface area contributed by atoms with Gasteiger partial charge in [0, 0.05) is 13.1 Å². The Labute approximate surface area is 158 Å². The van der Waals surface area contributed by atoms with Gasteiger partial charge in [0.15, 0.2) is 0 Å². The van der Waals surface area contributed by atoms with Gasteiger partial charge in [-0.15, -0.1) is 12.4 Å². The monoisotopic (exact) mass is 383 g/mol. The lowest BCUT2D eigenvalue weighted by atomic mass is 10.0. The van der Waals surface area contributed by atoms with E-state index in [9.17, 15) is 14.3 Å². The van der Waals surface area contributed by atoms with E-state index < -0.39 is 18.0 Å². The molecule has 0 aromatic heterocycles. The maximum atomic E-state index is 13.1. The van der Waals surface area contributed by atoms with E-state index >= 15 is 0 Å².